The van der Waals surface area contributed by atoms with E-state index in [9.17, 15) is 17.4 Å². The summed E-state index contributed by atoms with van der Waals surface area (Å²) in [6.07, 6.45) is -2.41. The number of fused-ring (bicyclic) bond motifs is 1. The molecule has 1 aromatic rings. The quantitative estimate of drug-likeness (QED) is 0.769. The van der Waals surface area contributed by atoms with Crippen LogP contribution in [0.5, 0.6) is 0 Å². The Bertz CT molecular complexity index is 724. The highest BCUT2D eigenvalue weighted by atomic mass is 32.2. The molecular weight excluding hydrogens is 361 g/mol. The van der Waals surface area contributed by atoms with Crippen molar-refractivity contribution in [3.63, 3.8) is 0 Å². The molecule has 1 aliphatic carbocycles. The van der Waals surface area contributed by atoms with E-state index in [0.717, 1.165) is 37.7 Å². The van der Waals surface area contributed by atoms with Crippen LogP contribution in [0.25, 0.3) is 0 Å². The Morgan fingerprint density at radius 3 is 2.62 bits per heavy atom. The van der Waals surface area contributed by atoms with Crippen LogP contribution in [0.4, 0.5) is 13.2 Å². The Hall–Kier alpha value is -1.21. The van der Waals surface area contributed by atoms with Crippen LogP contribution in [0.3, 0.4) is 0 Å². The van der Waals surface area contributed by atoms with Gasteiger partial charge in [-0.3, -0.25) is 4.90 Å². The fourth-order valence-corrected chi connectivity index (χ4v) is 4.45. The first-order valence-corrected chi connectivity index (χ1v) is 10.0. The number of rotatable bonds is 3. The summed E-state index contributed by atoms with van der Waals surface area (Å²) in [5.74, 6) is 0.753. The summed E-state index contributed by atoms with van der Waals surface area (Å²) >= 11 is 0. The number of nitrogens with zero attached hydrogens (tertiary/aromatic N) is 2. The van der Waals surface area contributed by atoms with Gasteiger partial charge in [0.25, 0.3) is 0 Å². The third-order valence-electron chi connectivity index (χ3n) is 5.10. The van der Waals surface area contributed by atoms with Gasteiger partial charge in [0.1, 0.15) is 11.0 Å². The lowest BCUT2D eigenvalue weighted by molar-refractivity contribution is -0.137. The van der Waals surface area contributed by atoms with Gasteiger partial charge in [-0.2, -0.15) is 17.6 Å². The van der Waals surface area contributed by atoms with Gasteiger partial charge >= 0.3 is 6.18 Å². The molecule has 0 amide bonds. The third kappa shape index (κ3) is 4.36. The molecule has 1 saturated carbocycles. The lowest BCUT2D eigenvalue weighted by Gasteiger charge is -2.18. The zero-order valence-electron chi connectivity index (χ0n) is 15.3. The van der Waals surface area contributed by atoms with Crippen LogP contribution in [0.2, 0.25) is 0 Å². The van der Waals surface area contributed by atoms with E-state index in [-0.39, 0.29) is 10.7 Å². The molecule has 1 heterocycles. The summed E-state index contributed by atoms with van der Waals surface area (Å²) in [6.45, 7) is 7.88. The highest BCUT2D eigenvalue weighted by Gasteiger charge is 2.41. The van der Waals surface area contributed by atoms with E-state index in [1.807, 2.05) is 20.8 Å². The van der Waals surface area contributed by atoms with Crippen molar-refractivity contribution in [1.29, 1.82) is 0 Å². The molecule has 1 aliphatic heterocycles. The van der Waals surface area contributed by atoms with Crippen molar-refractivity contribution >= 4 is 16.7 Å². The second kappa shape index (κ2) is 7.08. The Kier molecular flexibility index (Phi) is 5.32. The van der Waals surface area contributed by atoms with Crippen molar-refractivity contribution < 1.29 is 17.4 Å². The van der Waals surface area contributed by atoms with E-state index < -0.39 is 22.7 Å². The fourth-order valence-electron chi connectivity index (χ4n) is 3.74. The summed E-state index contributed by atoms with van der Waals surface area (Å²) in [4.78, 5) is 2.19. The number of likely N-dealkylation sites (tertiary alicyclic amines) is 1. The van der Waals surface area contributed by atoms with Crippen molar-refractivity contribution in [2.75, 3.05) is 13.1 Å². The largest absolute Gasteiger partial charge is 0.416 e. The normalized spacial score (nSPS) is 27.1. The summed E-state index contributed by atoms with van der Waals surface area (Å²) in [7, 11) is -1.25. The minimum absolute atomic E-state index is 0.284. The second-order valence-electron chi connectivity index (χ2n) is 8.24. The predicted octanol–water partition coefficient (Wildman–Crippen LogP) is 4.45. The van der Waals surface area contributed by atoms with Crippen LogP contribution in [0.15, 0.2) is 28.7 Å². The molecular formula is C19H25F3N2OS. The van der Waals surface area contributed by atoms with Crippen molar-refractivity contribution in [3.8, 4) is 0 Å². The van der Waals surface area contributed by atoms with Crippen LogP contribution in [-0.2, 0) is 23.7 Å². The molecule has 1 saturated heterocycles. The predicted molar refractivity (Wildman–Crippen MR) is 98.3 cm³/mol. The number of hydrogen-bond donors (Lipinski definition) is 0. The first-order chi connectivity index (χ1) is 12.0. The summed E-state index contributed by atoms with van der Waals surface area (Å²) in [5, 5.41) is 0. The maximum atomic E-state index is 12.9. The Labute approximate surface area is 155 Å². The first-order valence-electron chi connectivity index (χ1n) is 8.92. The van der Waals surface area contributed by atoms with Gasteiger partial charge < -0.3 is 0 Å². The van der Waals surface area contributed by atoms with Crippen LogP contribution in [-0.4, -0.2) is 32.7 Å². The van der Waals surface area contributed by atoms with E-state index >= 15 is 0 Å². The molecule has 0 spiro atoms. The molecule has 2 fully saturated rings. The van der Waals surface area contributed by atoms with Crippen LogP contribution in [0, 0.1) is 11.8 Å². The van der Waals surface area contributed by atoms with Crippen molar-refractivity contribution in [2.24, 2.45) is 16.2 Å². The van der Waals surface area contributed by atoms with Gasteiger partial charge in [0.15, 0.2) is 0 Å². The lowest BCUT2D eigenvalue weighted by atomic mass is 10.00. The molecule has 0 aromatic heterocycles. The van der Waals surface area contributed by atoms with Gasteiger partial charge in [-0.1, -0.05) is 18.2 Å². The van der Waals surface area contributed by atoms with E-state index in [1.54, 1.807) is 6.07 Å². The molecule has 144 valence electrons. The van der Waals surface area contributed by atoms with Crippen LogP contribution < -0.4 is 0 Å². The standard InChI is InChI=1S/C19H25F3N2OS/c1-18(2,3)26(25)23-17-8-7-14-11-24(12-16(14)17)10-13-5-4-6-15(9-13)19(20,21)22/h4-6,9,14,16H,7-8,10-12H2,1-3H3/b23-17+/t14-,16+,26-/m0/s1. The summed E-state index contributed by atoms with van der Waals surface area (Å²) in [6, 6.07) is 5.55. The smallest absolute Gasteiger partial charge is 0.298 e. The molecule has 7 heteroatoms. The van der Waals surface area contributed by atoms with Gasteiger partial charge in [0, 0.05) is 31.3 Å². The second-order valence-corrected chi connectivity index (χ2v) is 10.1. The Balaban J connectivity index is 1.68. The zero-order chi connectivity index (χ0) is 19.1. The maximum absolute atomic E-state index is 12.9. The Morgan fingerprint density at radius 2 is 1.96 bits per heavy atom. The molecule has 0 radical (unpaired) electrons. The van der Waals surface area contributed by atoms with E-state index in [4.69, 9.17) is 0 Å². The SMILES string of the molecule is CC(C)(C)[S@](=O)/N=C1\CC[C@H]2CN(Cc3cccc(C(F)(F)F)c3)C[C@@H]12. The van der Waals surface area contributed by atoms with Gasteiger partial charge in [-0.05, 0) is 51.2 Å². The summed E-state index contributed by atoms with van der Waals surface area (Å²) in [5.41, 5.74) is 1.10. The molecule has 26 heavy (non-hydrogen) atoms. The summed E-state index contributed by atoms with van der Waals surface area (Å²) < 4.78 is 55.1. The van der Waals surface area contributed by atoms with Crippen molar-refractivity contribution in [2.45, 2.75) is 51.1 Å². The van der Waals surface area contributed by atoms with Crippen molar-refractivity contribution in [3.05, 3.63) is 35.4 Å². The molecule has 3 nitrogen and oxygen atoms in total. The monoisotopic (exact) mass is 386 g/mol. The van der Waals surface area contributed by atoms with E-state index in [0.29, 0.717) is 18.0 Å². The highest BCUT2D eigenvalue weighted by molar-refractivity contribution is 7.85. The van der Waals surface area contributed by atoms with E-state index in [2.05, 4.69) is 9.30 Å². The van der Waals surface area contributed by atoms with Crippen LogP contribution >= 0.6 is 0 Å². The topological polar surface area (TPSA) is 32.7 Å². The third-order valence-corrected chi connectivity index (χ3v) is 6.55. The first kappa shape index (κ1) is 19.5. The number of hydrogen-bond acceptors (Lipinski definition) is 2. The van der Waals surface area contributed by atoms with Gasteiger partial charge in [0.2, 0.25) is 0 Å². The molecule has 0 N–H and O–H groups in total. The zero-order valence-corrected chi connectivity index (χ0v) is 16.2. The average Bonchev–Trinajstić information content (AvgIpc) is 3.07. The van der Waals surface area contributed by atoms with Crippen LogP contribution in [0.1, 0.15) is 44.7 Å². The minimum atomic E-state index is -4.31. The van der Waals surface area contributed by atoms with Gasteiger partial charge in [-0.15, -0.1) is 0 Å². The number of alkyl halides is 3. The Morgan fingerprint density at radius 1 is 1.23 bits per heavy atom. The fraction of sp³-hybridized carbons (Fsp3) is 0.632. The molecule has 2 aliphatic rings. The van der Waals surface area contributed by atoms with Gasteiger partial charge in [-0.25, -0.2) is 4.21 Å². The van der Waals surface area contributed by atoms with Crippen molar-refractivity contribution in [1.82, 2.24) is 4.90 Å². The lowest BCUT2D eigenvalue weighted by Crippen LogP contribution is -2.25. The van der Waals surface area contributed by atoms with Gasteiger partial charge in [0.05, 0.1) is 10.3 Å². The van der Waals surface area contributed by atoms with E-state index in [1.165, 1.54) is 12.1 Å². The number of halogens is 3. The molecule has 3 rings (SSSR count). The maximum Gasteiger partial charge on any atom is 0.416 e. The average molecular weight is 386 g/mol. The highest BCUT2D eigenvalue weighted by Crippen LogP contribution is 2.38. The molecule has 3 atom stereocenters. The molecule has 1 aromatic carbocycles. The molecule has 0 bridgehead atoms. The molecule has 0 unspecified atom stereocenters. The minimum Gasteiger partial charge on any atom is -0.298 e. The number of benzene rings is 1.